The second-order valence-corrected chi connectivity index (χ2v) is 9.74. The van der Waals surface area contributed by atoms with Gasteiger partial charge in [-0.1, -0.05) is 30.3 Å². The van der Waals surface area contributed by atoms with Gasteiger partial charge in [0.15, 0.2) is 0 Å². The molecule has 0 amide bonds. The van der Waals surface area contributed by atoms with E-state index in [2.05, 4.69) is 5.10 Å². The molecule has 4 rings (SSSR count). The summed E-state index contributed by atoms with van der Waals surface area (Å²) in [5.74, 6) is -0.407. The van der Waals surface area contributed by atoms with Crippen molar-refractivity contribution >= 4 is 27.7 Å². The van der Waals surface area contributed by atoms with Crippen molar-refractivity contribution in [3.05, 3.63) is 83.4 Å². The van der Waals surface area contributed by atoms with E-state index in [4.69, 9.17) is 0 Å². The quantitative estimate of drug-likeness (QED) is 0.579. The highest BCUT2D eigenvalue weighted by Crippen LogP contribution is 2.49. The molecule has 1 aliphatic rings. The minimum absolute atomic E-state index is 0.0399. The van der Waals surface area contributed by atoms with Crippen molar-refractivity contribution in [1.82, 2.24) is 9.78 Å². The molecule has 0 fully saturated rings. The summed E-state index contributed by atoms with van der Waals surface area (Å²) in [5.41, 5.74) is 1.16. The van der Waals surface area contributed by atoms with Gasteiger partial charge in [0, 0.05) is 15.1 Å². The molecule has 1 N–H and O–H groups in total. The maximum atomic E-state index is 14.5. The molecule has 0 saturated carbocycles. The Labute approximate surface area is 180 Å². The van der Waals surface area contributed by atoms with E-state index in [0.717, 1.165) is 10.5 Å². The first kappa shape index (κ1) is 21.0. The normalized spacial score (nSPS) is 17.8. The van der Waals surface area contributed by atoms with Gasteiger partial charge in [-0.25, -0.2) is 9.07 Å². The third-order valence-electron chi connectivity index (χ3n) is 4.88. The first-order valence-corrected chi connectivity index (χ1v) is 11.3. The molecule has 2 atom stereocenters. The molecule has 5 nitrogen and oxygen atoms in total. The van der Waals surface area contributed by atoms with Crippen molar-refractivity contribution in [3.8, 4) is 5.69 Å². The monoisotopic (exact) mass is 443 g/mol. The van der Waals surface area contributed by atoms with Crippen molar-refractivity contribution in [2.75, 3.05) is 0 Å². The van der Waals surface area contributed by atoms with Crippen LogP contribution >= 0.6 is 11.8 Å². The lowest BCUT2D eigenvalue weighted by molar-refractivity contribution is 0.0734. The lowest BCUT2D eigenvalue weighted by Gasteiger charge is -2.14. The van der Waals surface area contributed by atoms with Crippen LogP contribution in [0.1, 0.15) is 42.5 Å². The highest BCUT2D eigenvalue weighted by molar-refractivity contribution is 8.08. The van der Waals surface area contributed by atoms with Crippen LogP contribution in [0.15, 0.2) is 65.6 Å². The van der Waals surface area contributed by atoms with E-state index in [-0.39, 0.29) is 10.1 Å². The summed E-state index contributed by atoms with van der Waals surface area (Å²) in [6, 6.07) is 15.0. The second-order valence-electron chi connectivity index (χ2n) is 7.55. The number of hydrogen-bond acceptors (Lipinski definition) is 5. The van der Waals surface area contributed by atoms with Crippen LogP contribution in [0.2, 0.25) is 0 Å². The maximum absolute atomic E-state index is 14.5. The van der Waals surface area contributed by atoms with Crippen LogP contribution in [-0.4, -0.2) is 23.6 Å². The van der Waals surface area contributed by atoms with Crippen LogP contribution in [0.25, 0.3) is 10.6 Å². The Morgan fingerprint density at radius 3 is 2.70 bits per heavy atom. The number of para-hydroxylation sites is 1. The Hall–Kier alpha value is -2.26. The average molecular weight is 444 g/mol. The van der Waals surface area contributed by atoms with E-state index < -0.39 is 22.5 Å². The largest absolute Gasteiger partial charge is 0.768 e. The van der Waals surface area contributed by atoms with E-state index in [1.54, 1.807) is 68.1 Å². The number of nitrogens with zero attached hydrogens (tertiary/aromatic N) is 2. The molecule has 0 radical (unpaired) electrons. The lowest BCUT2D eigenvalue weighted by Crippen LogP contribution is -2.16. The molecule has 8 heteroatoms. The van der Waals surface area contributed by atoms with Gasteiger partial charge in [-0.15, -0.1) is 11.8 Å². The topological polar surface area (TPSA) is 78.2 Å². The van der Waals surface area contributed by atoms with Crippen LogP contribution in [0.5, 0.6) is 0 Å². The van der Waals surface area contributed by atoms with Gasteiger partial charge in [-0.3, -0.25) is 4.21 Å². The molecule has 1 aliphatic heterocycles. The fraction of sp³-hybridized carbons (Fsp3) is 0.227. The Kier molecular flexibility index (Phi) is 5.67. The maximum Gasteiger partial charge on any atom is 0.148 e. The van der Waals surface area contributed by atoms with Crippen molar-refractivity contribution in [2.24, 2.45) is 0 Å². The Morgan fingerprint density at radius 2 is 2.00 bits per heavy atom. The SMILES string of the molecule is CC(C)(O)c1cc(C2=CCC(c3cccc(S(=O)[O-])c3)S2)n(-c2ccccc2F)n1. The number of hydrogen-bond donors (Lipinski definition) is 1. The number of allylic oxidation sites excluding steroid dienone is 1. The summed E-state index contributed by atoms with van der Waals surface area (Å²) in [7, 11) is 0. The minimum Gasteiger partial charge on any atom is -0.768 e. The molecule has 0 aliphatic carbocycles. The average Bonchev–Trinajstić information content (AvgIpc) is 3.35. The lowest BCUT2D eigenvalue weighted by atomic mass is 10.1. The van der Waals surface area contributed by atoms with E-state index in [1.165, 1.54) is 10.7 Å². The third-order valence-corrected chi connectivity index (χ3v) is 6.90. The molecule has 2 aromatic carbocycles. The van der Waals surface area contributed by atoms with Crippen molar-refractivity contribution in [3.63, 3.8) is 0 Å². The predicted octanol–water partition coefficient (Wildman–Crippen LogP) is 4.70. The summed E-state index contributed by atoms with van der Waals surface area (Å²) in [6.45, 7) is 3.27. The van der Waals surface area contributed by atoms with E-state index in [9.17, 15) is 18.3 Å². The minimum atomic E-state index is -2.28. The summed E-state index contributed by atoms with van der Waals surface area (Å²) in [4.78, 5) is 1.15. The Morgan fingerprint density at radius 1 is 1.23 bits per heavy atom. The zero-order chi connectivity index (χ0) is 21.5. The molecule has 0 bridgehead atoms. The first-order valence-electron chi connectivity index (χ1n) is 9.38. The zero-order valence-electron chi connectivity index (χ0n) is 16.4. The number of thioether (sulfide) groups is 1. The second kappa shape index (κ2) is 8.11. The zero-order valence-corrected chi connectivity index (χ0v) is 18.0. The highest BCUT2D eigenvalue weighted by Gasteiger charge is 2.28. The van der Waals surface area contributed by atoms with Crippen LogP contribution in [-0.2, 0) is 16.7 Å². The number of aliphatic hydroxyl groups is 1. The Balaban J connectivity index is 1.71. The number of aromatic nitrogens is 2. The van der Waals surface area contributed by atoms with Crippen LogP contribution in [0.4, 0.5) is 4.39 Å². The summed E-state index contributed by atoms with van der Waals surface area (Å²) >= 11 is -0.711. The fourth-order valence-corrected chi connectivity index (χ4v) is 4.98. The third kappa shape index (κ3) is 4.13. The molecule has 0 spiro atoms. The molecular formula is C22H20FN2O3S2-. The van der Waals surface area contributed by atoms with E-state index in [0.29, 0.717) is 23.5 Å². The molecule has 30 heavy (non-hydrogen) atoms. The molecule has 1 aromatic heterocycles. The van der Waals surface area contributed by atoms with Crippen LogP contribution < -0.4 is 0 Å². The predicted molar refractivity (Wildman–Crippen MR) is 115 cm³/mol. The molecule has 2 unspecified atom stereocenters. The summed E-state index contributed by atoms with van der Waals surface area (Å²) < 4.78 is 38.6. The molecular weight excluding hydrogens is 423 g/mol. The Bertz CT molecular complexity index is 1150. The number of halogens is 1. The standard InChI is InChI=1S/C22H21FN2O3S2/c1-22(2,26)21-13-18(25(24-21)17-9-4-3-8-16(17)23)20-11-10-19(29-20)14-6-5-7-15(12-14)30(27)28/h3-9,11-13,19,26H,10H2,1-2H3,(H,27,28)/p-1. The number of rotatable bonds is 5. The molecule has 156 valence electrons. The van der Waals surface area contributed by atoms with Gasteiger partial charge in [0.25, 0.3) is 0 Å². The summed E-state index contributed by atoms with van der Waals surface area (Å²) in [5, 5.41) is 15.0. The highest BCUT2D eigenvalue weighted by atomic mass is 32.2. The van der Waals surface area contributed by atoms with Gasteiger partial charge >= 0.3 is 0 Å². The molecule has 0 saturated heterocycles. The fourth-order valence-electron chi connectivity index (χ4n) is 3.31. The summed E-state index contributed by atoms with van der Waals surface area (Å²) in [6.07, 6.45) is 2.74. The van der Waals surface area contributed by atoms with Crippen molar-refractivity contribution in [2.45, 2.75) is 36.0 Å². The number of benzene rings is 2. The van der Waals surface area contributed by atoms with Gasteiger partial charge in [0.1, 0.15) is 17.1 Å². The van der Waals surface area contributed by atoms with Gasteiger partial charge in [-0.05, 0) is 67.2 Å². The van der Waals surface area contributed by atoms with Gasteiger partial charge in [0.2, 0.25) is 0 Å². The van der Waals surface area contributed by atoms with Crippen molar-refractivity contribution < 1.29 is 18.3 Å². The molecule has 2 heterocycles. The van der Waals surface area contributed by atoms with E-state index in [1.807, 2.05) is 12.1 Å². The van der Waals surface area contributed by atoms with Gasteiger partial charge < -0.3 is 9.66 Å². The molecule has 3 aromatic rings. The van der Waals surface area contributed by atoms with Gasteiger partial charge in [0.05, 0.1) is 11.4 Å². The smallest absolute Gasteiger partial charge is 0.148 e. The van der Waals surface area contributed by atoms with Crippen molar-refractivity contribution in [1.29, 1.82) is 0 Å². The van der Waals surface area contributed by atoms with E-state index >= 15 is 0 Å². The van der Waals surface area contributed by atoms with Crippen LogP contribution in [0.3, 0.4) is 0 Å². The van der Waals surface area contributed by atoms with Crippen LogP contribution in [0, 0.1) is 5.82 Å². The van der Waals surface area contributed by atoms with Gasteiger partial charge in [-0.2, -0.15) is 5.10 Å². The first-order chi connectivity index (χ1) is 14.2.